The lowest BCUT2D eigenvalue weighted by atomic mass is 10.3. The largest absolute Gasteiger partial charge is 0.461 e. The molecule has 0 amide bonds. The Kier molecular flexibility index (Phi) is 4.13. The van der Waals surface area contributed by atoms with Crippen molar-refractivity contribution in [2.75, 3.05) is 7.11 Å². The average molecular weight is 200 g/mol. The molecule has 1 heterocycles. The highest BCUT2D eigenvalue weighted by molar-refractivity contribution is 5.08. The molecule has 0 aliphatic heterocycles. The summed E-state index contributed by atoms with van der Waals surface area (Å²) in [5, 5.41) is 8.80. The second-order valence-corrected chi connectivity index (χ2v) is 3.04. The van der Waals surface area contributed by atoms with Crippen molar-refractivity contribution in [3.8, 4) is 0 Å². The van der Waals surface area contributed by atoms with Crippen LogP contribution in [0.3, 0.4) is 0 Å². The van der Waals surface area contributed by atoms with Crippen LogP contribution >= 0.6 is 0 Å². The van der Waals surface area contributed by atoms with Gasteiger partial charge in [-0.1, -0.05) is 0 Å². The van der Waals surface area contributed by atoms with Crippen molar-refractivity contribution in [2.24, 2.45) is 0 Å². The van der Waals surface area contributed by atoms with Gasteiger partial charge in [0.2, 0.25) is 0 Å². The van der Waals surface area contributed by atoms with Crippen molar-refractivity contribution in [3.63, 3.8) is 0 Å². The van der Waals surface area contributed by atoms with E-state index < -0.39 is 0 Å². The lowest BCUT2D eigenvalue weighted by Crippen LogP contribution is -2.12. The molecule has 80 valence electrons. The standard InChI is InChI=1S/C10H16O4/c1-7(13-8(2)12-3)10-5-4-9(6-11)14-10/h4-5,7-8,11H,6H2,1-3H3. The molecule has 14 heavy (non-hydrogen) atoms. The molecule has 0 radical (unpaired) electrons. The van der Waals surface area contributed by atoms with E-state index in [1.54, 1.807) is 19.2 Å². The van der Waals surface area contributed by atoms with E-state index in [0.717, 1.165) is 0 Å². The fourth-order valence-electron chi connectivity index (χ4n) is 1.11. The Bertz CT molecular complexity index is 269. The number of hydrogen-bond acceptors (Lipinski definition) is 4. The minimum absolute atomic E-state index is 0.0907. The first kappa shape index (κ1) is 11.2. The lowest BCUT2D eigenvalue weighted by Gasteiger charge is -2.15. The third-order valence-electron chi connectivity index (χ3n) is 1.97. The number of ether oxygens (including phenoxy) is 2. The maximum atomic E-state index is 8.80. The van der Waals surface area contributed by atoms with Crippen LogP contribution in [0.15, 0.2) is 16.5 Å². The van der Waals surface area contributed by atoms with E-state index in [0.29, 0.717) is 11.5 Å². The molecule has 1 N–H and O–H groups in total. The van der Waals surface area contributed by atoms with Crippen LogP contribution in [0.2, 0.25) is 0 Å². The van der Waals surface area contributed by atoms with Gasteiger partial charge in [-0.3, -0.25) is 0 Å². The molecule has 4 heteroatoms. The fraction of sp³-hybridized carbons (Fsp3) is 0.600. The second-order valence-electron chi connectivity index (χ2n) is 3.04. The van der Waals surface area contributed by atoms with Crippen LogP contribution in [0.1, 0.15) is 31.5 Å². The normalized spacial score (nSPS) is 15.4. The van der Waals surface area contributed by atoms with E-state index in [2.05, 4.69) is 0 Å². The Labute approximate surface area is 83.4 Å². The SMILES string of the molecule is COC(C)OC(C)c1ccc(CO)o1. The second kappa shape index (κ2) is 5.14. The summed E-state index contributed by atoms with van der Waals surface area (Å²) >= 11 is 0. The van der Waals surface area contributed by atoms with Gasteiger partial charge in [-0.25, -0.2) is 0 Å². The van der Waals surface area contributed by atoms with E-state index in [4.69, 9.17) is 19.0 Å². The van der Waals surface area contributed by atoms with Gasteiger partial charge in [0.1, 0.15) is 24.2 Å². The Balaban J connectivity index is 2.55. The predicted octanol–water partition coefficient (Wildman–Crippen LogP) is 1.84. The molecule has 2 atom stereocenters. The highest BCUT2D eigenvalue weighted by Crippen LogP contribution is 2.21. The summed E-state index contributed by atoms with van der Waals surface area (Å²) in [6.45, 7) is 3.59. The van der Waals surface area contributed by atoms with Crippen LogP contribution in [-0.2, 0) is 16.1 Å². The third-order valence-corrected chi connectivity index (χ3v) is 1.97. The van der Waals surface area contributed by atoms with Gasteiger partial charge in [-0.15, -0.1) is 0 Å². The minimum atomic E-state index is -0.271. The molecule has 2 unspecified atom stereocenters. The number of aliphatic hydroxyl groups is 1. The minimum Gasteiger partial charge on any atom is -0.461 e. The Morgan fingerprint density at radius 2 is 2.14 bits per heavy atom. The highest BCUT2D eigenvalue weighted by atomic mass is 16.7. The van der Waals surface area contributed by atoms with Gasteiger partial charge < -0.3 is 19.0 Å². The summed E-state index contributed by atoms with van der Waals surface area (Å²) in [5.41, 5.74) is 0. The quantitative estimate of drug-likeness (QED) is 0.737. The molecule has 0 aliphatic rings. The smallest absolute Gasteiger partial charge is 0.155 e. The van der Waals surface area contributed by atoms with Crippen molar-refractivity contribution in [1.29, 1.82) is 0 Å². The molecule has 0 saturated carbocycles. The van der Waals surface area contributed by atoms with Crippen LogP contribution in [0.25, 0.3) is 0 Å². The number of furan rings is 1. The third kappa shape index (κ3) is 2.83. The summed E-state index contributed by atoms with van der Waals surface area (Å²) in [6, 6.07) is 3.52. The van der Waals surface area contributed by atoms with E-state index in [1.807, 2.05) is 13.8 Å². The van der Waals surface area contributed by atoms with Crippen molar-refractivity contribution in [1.82, 2.24) is 0 Å². The van der Waals surface area contributed by atoms with Gasteiger partial charge in [0, 0.05) is 7.11 Å². The Morgan fingerprint density at radius 3 is 2.64 bits per heavy atom. The van der Waals surface area contributed by atoms with Crippen LogP contribution in [-0.4, -0.2) is 18.5 Å². The first-order chi connectivity index (χ1) is 6.67. The molecule has 0 fully saturated rings. The molecular weight excluding hydrogens is 184 g/mol. The summed E-state index contributed by atoms with van der Waals surface area (Å²) in [5.74, 6) is 1.23. The first-order valence-corrected chi connectivity index (χ1v) is 4.55. The van der Waals surface area contributed by atoms with E-state index in [-0.39, 0.29) is 19.0 Å². The van der Waals surface area contributed by atoms with Crippen LogP contribution in [0.5, 0.6) is 0 Å². The van der Waals surface area contributed by atoms with Crippen molar-refractivity contribution < 1.29 is 19.0 Å². The van der Waals surface area contributed by atoms with Crippen LogP contribution in [0.4, 0.5) is 0 Å². The monoisotopic (exact) mass is 200 g/mol. The van der Waals surface area contributed by atoms with Gasteiger partial charge in [-0.05, 0) is 26.0 Å². The zero-order chi connectivity index (χ0) is 10.6. The fourth-order valence-corrected chi connectivity index (χ4v) is 1.11. The Morgan fingerprint density at radius 1 is 1.43 bits per heavy atom. The highest BCUT2D eigenvalue weighted by Gasteiger charge is 2.13. The number of rotatable bonds is 5. The predicted molar refractivity (Wildman–Crippen MR) is 50.6 cm³/mol. The maximum Gasteiger partial charge on any atom is 0.155 e. The van der Waals surface area contributed by atoms with Gasteiger partial charge >= 0.3 is 0 Å². The molecule has 1 aromatic heterocycles. The maximum absolute atomic E-state index is 8.80. The number of methoxy groups -OCH3 is 1. The van der Waals surface area contributed by atoms with E-state index in [1.165, 1.54) is 0 Å². The molecular formula is C10H16O4. The number of aliphatic hydroxyl groups excluding tert-OH is 1. The molecule has 0 spiro atoms. The molecule has 1 rings (SSSR count). The van der Waals surface area contributed by atoms with Crippen molar-refractivity contribution in [3.05, 3.63) is 23.7 Å². The zero-order valence-corrected chi connectivity index (χ0v) is 8.69. The van der Waals surface area contributed by atoms with Crippen molar-refractivity contribution >= 4 is 0 Å². The lowest BCUT2D eigenvalue weighted by molar-refractivity contribution is -0.145. The molecule has 0 aliphatic carbocycles. The van der Waals surface area contributed by atoms with Gasteiger partial charge in [-0.2, -0.15) is 0 Å². The zero-order valence-electron chi connectivity index (χ0n) is 8.69. The van der Waals surface area contributed by atoms with E-state index in [9.17, 15) is 0 Å². The summed E-state index contributed by atoms with van der Waals surface area (Å²) in [7, 11) is 1.58. The molecule has 0 aromatic carbocycles. The summed E-state index contributed by atoms with van der Waals surface area (Å²) in [4.78, 5) is 0. The average Bonchev–Trinajstić information content (AvgIpc) is 2.65. The Hall–Kier alpha value is -0.840. The van der Waals surface area contributed by atoms with Crippen LogP contribution < -0.4 is 0 Å². The first-order valence-electron chi connectivity index (χ1n) is 4.55. The van der Waals surface area contributed by atoms with E-state index >= 15 is 0 Å². The molecule has 4 nitrogen and oxygen atoms in total. The number of hydrogen-bond donors (Lipinski definition) is 1. The van der Waals surface area contributed by atoms with Crippen LogP contribution in [0, 0.1) is 0 Å². The molecule has 0 bridgehead atoms. The van der Waals surface area contributed by atoms with Gasteiger partial charge in [0.05, 0.1) is 0 Å². The van der Waals surface area contributed by atoms with Crippen molar-refractivity contribution in [2.45, 2.75) is 32.8 Å². The summed E-state index contributed by atoms with van der Waals surface area (Å²) < 4.78 is 15.7. The van der Waals surface area contributed by atoms with Gasteiger partial charge in [0.25, 0.3) is 0 Å². The molecule has 1 aromatic rings. The van der Waals surface area contributed by atoms with Gasteiger partial charge in [0.15, 0.2) is 6.29 Å². The summed E-state index contributed by atoms with van der Waals surface area (Å²) in [6.07, 6.45) is -0.446. The topological polar surface area (TPSA) is 51.8 Å². The molecule has 0 saturated heterocycles.